The summed E-state index contributed by atoms with van der Waals surface area (Å²) in [7, 11) is 4.41. The van der Waals surface area contributed by atoms with Gasteiger partial charge >= 0.3 is 0 Å². The molecule has 19 heavy (non-hydrogen) atoms. The molecule has 2 rings (SSSR count). The van der Waals surface area contributed by atoms with Crippen molar-refractivity contribution in [2.75, 3.05) is 40.3 Å². The van der Waals surface area contributed by atoms with Crippen LogP contribution in [0.5, 0.6) is 0 Å². The average Bonchev–Trinajstić information content (AvgIpc) is 2.34. The van der Waals surface area contributed by atoms with E-state index in [0.717, 1.165) is 37.2 Å². The molecule has 1 aliphatic heterocycles. The maximum absolute atomic E-state index is 3.60. The molecule has 1 saturated heterocycles. The van der Waals surface area contributed by atoms with Crippen molar-refractivity contribution in [1.82, 2.24) is 15.1 Å². The van der Waals surface area contributed by atoms with Gasteiger partial charge in [0, 0.05) is 43.2 Å². The number of nitrogens with one attached hydrogen (secondary N) is 1. The number of halogens is 1. The van der Waals surface area contributed by atoms with Gasteiger partial charge in [-0.3, -0.25) is 0 Å². The van der Waals surface area contributed by atoms with E-state index >= 15 is 0 Å². The van der Waals surface area contributed by atoms with Gasteiger partial charge in [0.2, 0.25) is 0 Å². The molecule has 0 radical (unpaired) electrons. The SMILES string of the molecule is Cc1ccc(Br)cc1CN(C)CC1CN(C)CCN1. The van der Waals surface area contributed by atoms with Gasteiger partial charge in [-0.2, -0.15) is 0 Å². The van der Waals surface area contributed by atoms with Gasteiger partial charge in [-0.25, -0.2) is 0 Å². The maximum Gasteiger partial charge on any atom is 0.0323 e. The lowest BCUT2D eigenvalue weighted by Gasteiger charge is -2.33. The summed E-state index contributed by atoms with van der Waals surface area (Å²) in [5.41, 5.74) is 2.77. The molecule has 1 atom stereocenters. The Morgan fingerprint density at radius 3 is 3.00 bits per heavy atom. The van der Waals surface area contributed by atoms with Gasteiger partial charge < -0.3 is 15.1 Å². The van der Waals surface area contributed by atoms with Crippen molar-refractivity contribution in [3.05, 3.63) is 33.8 Å². The molecule has 0 spiro atoms. The Labute approximate surface area is 125 Å². The highest BCUT2D eigenvalue weighted by Crippen LogP contribution is 2.17. The van der Waals surface area contributed by atoms with E-state index in [0.29, 0.717) is 6.04 Å². The molecular weight excluding hydrogens is 302 g/mol. The summed E-state index contributed by atoms with van der Waals surface area (Å²) in [6, 6.07) is 7.10. The molecule has 1 unspecified atom stereocenters. The van der Waals surface area contributed by atoms with Crippen LogP contribution in [0, 0.1) is 6.92 Å². The maximum atomic E-state index is 3.60. The number of likely N-dealkylation sites (N-methyl/N-ethyl adjacent to an activating group) is 2. The Balaban J connectivity index is 1.89. The Hall–Kier alpha value is -0.420. The lowest BCUT2D eigenvalue weighted by atomic mass is 10.1. The Morgan fingerprint density at radius 1 is 1.47 bits per heavy atom. The minimum absolute atomic E-state index is 0.580. The number of piperazine rings is 1. The first-order chi connectivity index (χ1) is 9.04. The smallest absolute Gasteiger partial charge is 0.0323 e. The number of benzene rings is 1. The van der Waals surface area contributed by atoms with Crippen LogP contribution in [-0.4, -0.2) is 56.1 Å². The number of hydrogen-bond donors (Lipinski definition) is 1. The van der Waals surface area contributed by atoms with Gasteiger partial charge in [0.1, 0.15) is 0 Å². The lowest BCUT2D eigenvalue weighted by molar-refractivity contribution is 0.192. The standard InChI is InChI=1S/C15H24BrN3/c1-12-4-5-14(16)8-13(12)9-19(3)11-15-10-18(2)7-6-17-15/h4-5,8,15,17H,6-7,9-11H2,1-3H3. The normalized spacial score (nSPS) is 21.0. The number of rotatable bonds is 4. The second-order valence-electron chi connectivity index (χ2n) is 5.68. The molecule has 0 amide bonds. The minimum Gasteiger partial charge on any atom is -0.310 e. The second kappa shape index (κ2) is 6.84. The first kappa shape index (κ1) is 15.0. The third kappa shape index (κ3) is 4.56. The zero-order valence-electron chi connectivity index (χ0n) is 12.1. The highest BCUT2D eigenvalue weighted by molar-refractivity contribution is 9.10. The molecule has 4 heteroatoms. The van der Waals surface area contributed by atoms with Gasteiger partial charge in [-0.05, 0) is 44.3 Å². The minimum atomic E-state index is 0.580. The van der Waals surface area contributed by atoms with Crippen molar-refractivity contribution in [2.45, 2.75) is 19.5 Å². The summed E-state index contributed by atoms with van der Waals surface area (Å²) >= 11 is 3.56. The zero-order chi connectivity index (χ0) is 13.8. The van der Waals surface area contributed by atoms with Crippen molar-refractivity contribution >= 4 is 15.9 Å². The van der Waals surface area contributed by atoms with E-state index in [-0.39, 0.29) is 0 Å². The van der Waals surface area contributed by atoms with Crippen molar-refractivity contribution in [2.24, 2.45) is 0 Å². The van der Waals surface area contributed by atoms with Crippen LogP contribution in [0.4, 0.5) is 0 Å². The van der Waals surface area contributed by atoms with E-state index in [4.69, 9.17) is 0 Å². The molecular formula is C15H24BrN3. The van der Waals surface area contributed by atoms with E-state index in [1.165, 1.54) is 11.1 Å². The highest BCUT2D eigenvalue weighted by atomic mass is 79.9. The summed E-state index contributed by atoms with van der Waals surface area (Å²) in [6.45, 7) is 7.68. The predicted molar refractivity (Wildman–Crippen MR) is 84.5 cm³/mol. The van der Waals surface area contributed by atoms with E-state index in [1.54, 1.807) is 0 Å². The predicted octanol–water partition coefficient (Wildman–Crippen LogP) is 2.09. The summed E-state index contributed by atoms with van der Waals surface area (Å²) in [4.78, 5) is 4.81. The van der Waals surface area contributed by atoms with Crippen LogP contribution in [0.15, 0.2) is 22.7 Å². The van der Waals surface area contributed by atoms with E-state index in [2.05, 4.69) is 70.3 Å². The Kier molecular flexibility index (Phi) is 5.39. The Morgan fingerprint density at radius 2 is 2.26 bits per heavy atom. The first-order valence-corrected chi connectivity index (χ1v) is 7.69. The van der Waals surface area contributed by atoms with Crippen LogP contribution in [0.3, 0.4) is 0 Å². The molecule has 3 nitrogen and oxygen atoms in total. The second-order valence-corrected chi connectivity index (χ2v) is 6.60. The van der Waals surface area contributed by atoms with Crippen molar-refractivity contribution in [1.29, 1.82) is 0 Å². The molecule has 1 fully saturated rings. The van der Waals surface area contributed by atoms with Crippen LogP contribution in [0.1, 0.15) is 11.1 Å². The van der Waals surface area contributed by atoms with E-state index in [9.17, 15) is 0 Å². The summed E-state index contributed by atoms with van der Waals surface area (Å²) in [6.07, 6.45) is 0. The van der Waals surface area contributed by atoms with Gasteiger partial charge in [-0.1, -0.05) is 22.0 Å². The molecule has 1 aliphatic rings. The summed E-state index contributed by atoms with van der Waals surface area (Å²) in [5, 5.41) is 3.60. The summed E-state index contributed by atoms with van der Waals surface area (Å²) < 4.78 is 1.16. The molecule has 0 saturated carbocycles. The first-order valence-electron chi connectivity index (χ1n) is 6.90. The van der Waals surface area contributed by atoms with Crippen LogP contribution >= 0.6 is 15.9 Å². The molecule has 0 bridgehead atoms. The van der Waals surface area contributed by atoms with E-state index < -0.39 is 0 Å². The monoisotopic (exact) mass is 325 g/mol. The van der Waals surface area contributed by atoms with Crippen molar-refractivity contribution in [3.8, 4) is 0 Å². The van der Waals surface area contributed by atoms with Crippen molar-refractivity contribution < 1.29 is 0 Å². The number of nitrogens with zero attached hydrogens (tertiary/aromatic N) is 2. The molecule has 0 aromatic heterocycles. The van der Waals surface area contributed by atoms with Crippen LogP contribution < -0.4 is 5.32 Å². The fourth-order valence-electron chi connectivity index (χ4n) is 2.66. The molecule has 0 aliphatic carbocycles. The molecule has 106 valence electrons. The topological polar surface area (TPSA) is 18.5 Å². The Bertz CT molecular complexity index is 422. The molecule has 1 heterocycles. The third-order valence-electron chi connectivity index (χ3n) is 3.74. The molecule has 1 N–H and O–H groups in total. The molecule has 1 aromatic rings. The van der Waals surface area contributed by atoms with Gasteiger partial charge in [0.25, 0.3) is 0 Å². The average molecular weight is 326 g/mol. The highest BCUT2D eigenvalue weighted by Gasteiger charge is 2.18. The lowest BCUT2D eigenvalue weighted by Crippen LogP contribution is -2.53. The number of hydrogen-bond acceptors (Lipinski definition) is 3. The van der Waals surface area contributed by atoms with Crippen LogP contribution in [0.25, 0.3) is 0 Å². The quantitative estimate of drug-likeness (QED) is 0.914. The van der Waals surface area contributed by atoms with Gasteiger partial charge in [0.15, 0.2) is 0 Å². The third-order valence-corrected chi connectivity index (χ3v) is 4.24. The largest absolute Gasteiger partial charge is 0.310 e. The fourth-order valence-corrected chi connectivity index (χ4v) is 3.06. The van der Waals surface area contributed by atoms with Gasteiger partial charge in [-0.15, -0.1) is 0 Å². The zero-order valence-corrected chi connectivity index (χ0v) is 13.7. The van der Waals surface area contributed by atoms with Crippen molar-refractivity contribution in [3.63, 3.8) is 0 Å². The fraction of sp³-hybridized carbons (Fsp3) is 0.600. The molecule has 1 aromatic carbocycles. The van der Waals surface area contributed by atoms with Gasteiger partial charge in [0.05, 0.1) is 0 Å². The van der Waals surface area contributed by atoms with Crippen LogP contribution in [0.2, 0.25) is 0 Å². The number of aryl methyl sites for hydroxylation is 1. The summed E-state index contributed by atoms with van der Waals surface area (Å²) in [5.74, 6) is 0. The van der Waals surface area contributed by atoms with E-state index in [1.807, 2.05) is 0 Å². The van der Waals surface area contributed by atoms with Crippen LogP contribution in [-0.2, 0) is 6.54 Å².